The first-order chi connectivity index (χ1) is 11.6. The topological polar surface area (TPSA) is 108 Å². The van der Waals surface area contributed by atoms with Crippen LogP contribution in [0.4, 0.5) is 0 Å². The summed E-state index contributed by atoms with van der Waals surface area (Å²) in [6.07, 6.45) is 8.23. The molecule has 0 aliphatic heterocycles. The molecule has 0 aliphatic carbocycles. The van der Waals surface area contributed by atoms with Gasteiger partial charge in [-0.15, -0.1) is 0 Å². The van der Waals surface area contributed by atoms with Gasteiger partial charge in [0, 0.05) is 37.1 Å². The number of aliphatic carboxylic acids is 1. The van der Waals surface area contributed by atoms with Crippen LogP contribution in [0.15, 0.2) is 49.1 Å². The van der Waals surface area contributed by atoms with Crippen LogP contribution in [0.2, 0.25) is 0 Å². The summed E-state index contributed by atoms with van der Waals surface area (Å²) in [4.78, 5) is 18.9. The molecular weight excluding hydrogens is 341 g/mol. The Labute approximate surface area is 147 Å². The first-order valence-corrected chi connectivity index (χ1v) is 10.1. The van der Waals surface area contributed by atoms with Crippen LogP contribution in [0.1, 0.15) is 6.42 Å². The number of carboxylic acid groups (broad SMARTS) is 1. The van der Waals surface area contributed by atoms with Crippen LogP contribution in [-0.4, -0.2) is 34.8 Å². The summed E-state index contributed by atoms with van der Waals surface area (Å²) in [5, 5.41) is 8.28. The molecule has 0 fully saturated rings. The van der Waals surface area contributed by atoms with E-state index in [4.69, 9.17) is 15.7 Å². The highest BCUT2D eigenvalue weighted by atomic mass is 31.2. The molecule has 0 aromatic carbocycles. The summed E-state index contributed by atoms with van der Waals surface area (Å²) in [6.45, 7) is 1.18. The molecule has 8 heteroatoms. The van der Waals surface area contributed by atoms with Crippen molar-refractivity contribution in [2.75, 3.05) is 12.8 Å². The van der Waals surface area contributed by atoms with E-state index < -0.39 is 19.4 Å². The molecule has 4 N–H and O–H groups in total. The lowest BCUT2D eigenvalue weighted by Gasteiger charge is -2.07. The Bertz CT molecular complexity index is 683. The number of nitrogens with two attached hydrogens (primary N) is 1. The third-order valence-electron chi connectivity index (χ3n) is 3.46. The standard InChI is InChI=1S/C12H14N2.C5H12NO4P/c1-13-7-3-11(4-8-13)12-5-9-14(2)10-6-12;1-11(9,10)3-2-4(6)5(7)8/h3-10H,1-2H3;4H,2-3,6H2,1H3,(H,7,8)(H,9,10)/q+2;. The van der Waals surface area contributed by atoms with Crippen molar-refractivity contribution in [3.05, 3.63) is 49.1 Å². The number of carboxylic acids is 1. The summed E-state index contributed by atoms with van der Waals surface area (Å²) < 4.78 is 14.7. The average molecular weight is 367 g/mol. The maximum atomic E-state index is 10.6. The molecule has 0 amide bonds. The third kappa shape index (κ3) is 8.54. The smallest absolute Gasteiger partial charge is 0.320 e. The Hall–Kier alpha value is -2.08. The molecule has 2 aromatic rings. The second-order valence-electron chi connectivity index (χ2n) is 6.01. The minimum atomic E-state index is -3.10. The van der Waals surface area contributed by atoms with Crippen molar-refractivity contribution in [3.8, 4) is 11.1 Å². The van der Waals surface area contributed by atoms with Crippen LogP contribution in [0.5, 0.6) is 0 Å². The number of hydrogen-bond donors (Lipinski definition) is 3. The van der Waals surface area contributed by atoms with E-state index in [0.717, 1.165) is 0 Å². The van der Waals surface area contributed by atoms with Gasteiger partial charge in [0.25, 0.3) is 0 Å². The molecule has 0 bridgehead atoms. The monoisotopic (exact) mass is 367 g/mol. The molecule has 0 aliphatic rings. The van der Waals surface area contributed by atoms with E-state index in [1.165, 1.54) is 17.8 Å². The maximum Gasteiger partial charge on any atom is 0.320 e. The van der Waals surface area contributed by atoms with Crippen molar-refractivity contribution in [1.29, 1.82) is 0 Å². The predicted molar refractivity (Wildman–Crippen MR) is 95.1 cm³/mol. The van der Waals surface area contributed by atoms with Gasteiger partial charge in [0.15, 0.2) is 32.2 Å². The zero-order valence-electron chi connectivity index (χ0n) is 14.7. The molecule has 0 spiro atoms. The van der Waals surface area contributed by atoms with Gasteiger partial charge in [-0.05, 0) is 17.5 Å². The van der Waals surface area contributed by atoms with Crippen molar-refractivity contribution in [1.82, 2.24) is 0 Å². The lowest BCUT2D eigenvalue weighted by atomic mass is 10.1. The molecule has 2 unspecified atom stereocenters. The van der Waals surface area contributed by atoms with Crippen molar-refractivity contribution in [2.24, 2.45) is 19.8 Å². The molecule has 7 nitrogen and oxygen atoms in total. The van der Waals surface area contributed by atoms with Gasteiger partial charge in [0.05, 0.1) is 0 Å². The van der Waals surface area contributed by atoms with Crippen molar-refractivity contribution in [2.45, 2.75) is 12.5 Å². The molecule has 0 saturated carbocycles. The van der Waals surface area contributed by atoms with Gasteiger partial charge in [0.1, 0.15) is 20.1 Å². The molecule has 136 valence electrons. The second kappa shape index (κ2) is 9.42. The Kier molecular flexibility index (Phi) is 7.90. The molecule has 25 heavy (non-hydrogen) atoms. The van der Waals surface area contributed by atoms with Crippen LogP contribution < -0.4 is 14.9 Å². The van der Waals surface area contributed by atoms with Crippen molar-refractivity contribution in [3.63, 3.8) is 0 Å². The van der Waals surface area contributed by atoms with Crippen LogP contribution in [-0.2, 0) is 23.5 Å². The highest BCUT2D eigenvalue weighted by Crippen LogP contribution is 2.35. The van der Waals surface area contributed by atoms with Gasteiger partial charge in [-0.2, -0.15) is 0 Å². The van der Waals surface area contributed by atoms with E-state index >= 15 is 0 Å². The molecule has 2 heterocycles. The van der Waals surface area contributed by atoms with E-state index in [1.54, 1.807) is 0 Å². The Morgan fingerprint density at radius 2 is 1.44 bits per heavy atom. The molecule has 2 rings (SSSR count). The first kappa shape index (κ1) is 21.0. The number of pyridine rings is 2. The third-order valence-corrected chi connectivity index (χ3v) is 4.55. The second-order valence-corrected chi connectivity index (χ2v) is 8.56. The van der Waals surface area contributed by atoms with E-state index in [-0.39, 0.29) is 12.6 Å². The zero-order valence-corrected chi connectivity index (χ0v) is 15.6. The zero-order chi connectivity index (χ0) is 19.0. The van der Waals surface area contributed by atoms with Gasteiger partial charge in [-0.1, -0.05) is 0 Å². The lowest BCUT2D eigenvalue weighted by molar-refractivity contribution is -0.671. The quantitative estimate of drug-likeness (QED) is 0.532. The van der Waals surface area contributed by atoms with E-state index in [1.807, 2.05) is 23.2 Å². The normalized spacial score (nSPS) is 14.0. The minimum Gasteiger partial charge on any atom is -0.480 e. The van der Waals surface area contributed by atoms with E-state index in [0.29, 0.717) is 0 Å². The fourth-order valence-corrected chi connectivity index (χ4v) is 2.65. The molecular formula is C17H26N3O4P+2. The summed E-state index contributed by atoms with van der Waals surface area (Å²) in [5.74, 6) is -1.14. The summed E-state index contributed by atoms with van der Waals surface area (Å²) in [5.41, 5.74) is 7.60. The van der Waals surface area contributed by atoms with Gasteiger partial charge < -0.3 is 15.7 Å². The summed E-state index contributed by atoms with van der Waals surface area (Å²) in [6, 6.07) is 7.45. The number of nitrogens with zero attached hydrogens (tertiary/aromatic N) is 2. The van der Waals surface area contributed by atoms with E-state index in [2.05, 4.69) is 49.1 Å². The largest absolute Gasteiger partial charge is 0.480 e. The number of rotatable bonds is 5. The van der Waals surface area contributed by atoms with Crippen LogP contribution in [0.25, 0.3) is 11.1 Å². The van der Waals surface area contributed by atoms with Gasteiger partial charge in [-0.25, -0.2) is 9.13 Å². The first-order valence-electron chi connectivity index (χ1n) is 7.77. The summed E-state index contributed by atoms with van der Waals surface area (Å²) >= 11 is 0. The number of aryl methyl sites for hydroxylation is 2. The van der Waals surface area contributed by atoms with Gasteiger partial charge >= 0.3 is 5.97 Å². The minimum absolute atomic E-state index is 0.0412. The number of aromatic nitrogens is 2. The average Bonchev–Trinajstić information content (AvgIpc) is 2.54. The molecule has 2 atom stereocenters. The Balaban J connectivity index is 0.000000260. The highest BCUT2D eigenvalue weighted by Gasteiger charge is 2.16. The van der Waals surface area contributed by atoms with Crippen LogP contribution >= 0.6 is 7.37 Å². The Morgan fingerprint density at radius 3 is 1.72 bits per heavy atom. The molecule has 2 aromatic heterocycles. The van der Waals surface area contributed by atoms with Gasteiger partial charge in [0.2, 0.25) is 0 Å². The fourth-order valence-electron chi connectivity index (χ4n) is 1.89. The Morgan fingerprint density at radius 1 is 1.08 bits per heavy atom. The van der Waals surface area contributed by atoms with Crippen molar-refractivity contribution < 1.29 is 28.5 Å². The number of hydrogen-bond acceptors (Lipinski definition) is 3. The molecule has 0 radical (unpaired) electrons. The van der Waals surface area contributed by atoms with Gasteiger partial charge in [-0.3, -0.25) is 9.36 Å². The van der Waals surface area contributed by atoms with Crippen molar-refractivity contribution >= 4 is 13.3 Å². The lowest BCUT2D eigenvalue weighted by Crippen LogP contribution is -2.30. The molecule has 0 saturated heterocycles. The van der Waals surface area contributed by atoms with E-state index in [9.17, 15) is 9.36 Å². The highest BCUT2D eigenvalue weighted by molar-refractivity contribution is 7.57. The maximum absolute atomic E-state index is 10.6. The summed E-state index contributed by atoms with van der Waals surface area (Å²) in [7, 11) is 0.943. The SMILES string of the molecule is CP(=O)(O)CCC(N)C(=O)O.C[n+]1ccc(-c2cc[n+](C)cc2)cc1. The fraction of sp³-hybridized carbons (Fsp3) is 0.353. The number of carbonyl (C=O) groups is 1. The van der Waals surface area contributed by atoms with Crippen LogP contribution in [0, 0.1) is 0 Å². The predicted octanol–water partition coefficient (Wildman–Crippen LogP) is 0.691. The van der Waals surface area contributed by atoms with Crippen LogP contribution in [0.3, 0.4) is 0 Å².